The molecule has 2 aliphatic rings. The van der Waals surface area contributed by atoms with E-state index in [9.17, 15) is 19.2 Å². The van der Waals surface area contributed by atoms with E-state index >= 15 is 0 Å². The van der Waals surface area contributed by atoms with Gasteiger partial charge in [-0.3, -0.25) is 14.9 Å². The van der Waals surface area contributed by atoms with Crippen molar-refractivity contribution >= 4 is 59.0 Å². The van der Waals surface area contributed by atoms with Gasteiger partial charge in [-0.2, -0.15) is 4.68 Å². The summed E-state index contributed by atoms with van der Waals surface area (Å²) in [6.07, 6.45) is 3.76. The van der Waals surface area contributed by atoms with Crippen molar-refractivity contribution in [1.29, 1.82) is 0 Å². The van der Waals surface area contributed by atoms with Crippen LogP contribution in [-0.4, -0.2) is 102 Å². The van der Waals surface area contributed by atoms with E-state index in [2.05, 4.69) is 35.9 Å². The lowest BCUT2D eigenvalue weighted by molar-refractivity contribution is -0.134. The van der Waals surface area contributed by atoms with Crippen LogP contribution in [0.3, 0.4) is 0 Å². The number of hydrogen-bond acceptors (Lipinski definition) is 10. The number of amides is 4. The summed E-state index contributed by atoms with van der Waals surface area (Å²) in [6.45, 7) is 6.13. The zero-order valence-corrected chi connectivity index (χ0v) is 30.2. The highest BCUT2D eigenvalue weighted by Gasteiger charge is 2.48. The Morgan fingerprint density at radius 3 is 2.44 bits per heavy atom. The number of carbonyl (C=O) groups excluding carboxylic acids is 4. The summed E-state index contributed by atoms with van der Waals surface area (Å²) in [4.78, 5) is 62.9. The maximum atomic E-state index is 13.9. The van der Waals surface area contributed by atoms with Gasteiger partial charge < -0.3 is 29.6 Å². The fourth-order valence-electron chi connectivity index (χ4n) is 6.15. The number of imidazole rings is 1. The number of ether oxygens (including phenoxy) is 2. The van der Waals surface area contributed by atoms with Crippen molar-refractivity contribution in [3.05, 3.63) is 76.4 Å². The fraction of sp³-hybridized carbons (Fsp3) is 0.353. The van der Waals surface area contributed by atoms with E-state index in [1.807, 2.05) is 20.8 Å². The van der Waals surface area contributed by atoms with Gasteiger partial charge in [-0.25, -0.2) is 14.6 Å². The SMILES string of the molecule is COC(=O)Nc1ccc(-c2nc([C@H](CC(=O)N3C[C@@H]4C[C@H]3CN4C(=O)OC(C)(C)C)NC(=O)C=Cc3cc(Cl)ccc3-n3cnnn3)[nH]c2Cl)cc1. The van der Waals surface area contributed by atoms with E-state index < -0.39 is 29.7 Å². The van der Waals surface area contributed by atoms with E-state index in [-0.39, 0.29) is 35.4 Å². The number of likely N-dealkylation sites (tertiary alicyclic amines) is 2. The number of halogens is 2. The van der Waals surface area contributed by atoms with Gasteiger partial charge in [-0.1, -0.05) is 35.3 Å². The predicted octanol–water partition coefficient (Wildman–Crippen LogP) is 5.02. The summed E-state index contributed by atoms with van der Waals surface area (Å²) in [7, 11) is 1.27. The first-order valence-corrected chi connectivity index (χ1v) is 17.0. The minimum absolute atomic E-state index is 0.145. The topological polar surface area (TPSA) is 190 Å². The van der Waals surface area contributed by atoms with Gasteiger partial charge in [0.2, 0.25) is 11.8 Å². The molecule has 0 spiro atoms. The van der Waals surface area contributed by atoms with Gasteiger partial charge in [-0.05, 0) is 74.0 Å². The highest BCUT2D eigenvalue weighted by Crippen LogP contribution is 2.34. The van der Waals surface area contributed by atoms with Gasteiger partial charge in [0.25, 0.3) is 0 Å². The molecule has 0 radical (unpaired) electrons. The Kier molecular flexibility index (Phi) is 10.5. The molecule has 6 rings (SSSR count). The maximum absolute atomic E-state index is 13.9. The van der Waals surface area contributed by atoms with Crippen LogP contribution in [0.5, 0.6) is 0 Å². The largest absolute Gasteiger partial charge is 0.453 e. The average Bonchev–Trinajstić information content (AvgIpc) is 3.92. The van der Waals surface area contributed by atoms with E-state index in [4.69, 9.17) is 32.9 Å². The quantitative estimate of drug-likeness (QED) is 0.196. The van der Waals surface area contributed by atoms with Crippen molar-refractivity contribution in [3.8, 4) is 16.9 Å². The number of nitrogens with zero attached hydrogens (tertiary/aromatic N) is 7. The first-order valence-electron chi connectivity index (χ1n) is 16.3. The molecule has 0 saturated carbocycles. The zero-order valence-electron chi connectivity index (χ0n) is 28.7. The molecule has 4 amide bonds. The van der Waals surface area contributed by atoms with Crippen LogP contribution in [0.15, 0.2) is 54.9 Å². The second-order valence-electron chi connectivity index (χ2n) is 13.3. The highest BCUT2D eigenvalue weighted by molar-refractivity contribution is 6.32. The summed E-state index contributed by atoms with van der Waals surface area (Å²) in [5.41, 5.74) is 2.01. The molecule has 2 saturated heterocycles. The van der Waals surface area contributed by atoms with Gasteiger partial charge in [0, 0.05) is 41.0 Å². The third kappa shape index (κ3) is 8.35. The van der Waals surface area contributed by atoms with Gasteiger partial charge in [0.05, 0.1) is 37.3 Å². The molecule has 18 heteroatoms. The van der Waals surface area contributed by atoms with Crippen LogP contribution < -0.4 is 10.6 Å². The molecule has 2 aromatic heterocycles. The smallest absolute Gasteiger partial charge is 0.411 e. The highest BCUT2D eigenvalue weighted by atomic mass is 35.5. The number of aromatic amines is 1. The Morgan fingerprint density at radius 1 is 1.06 bits per heavy atom. The summed E-state index contributed by atoms with van der Waals surface area (Å²) in [6, 6.07) is 10.5. The van der Waals surface area contributed by atoms with Crippen LogP contribution in [-0.2, 0) is 19.1 Å². The van der Waals surface area contributed by atoms with Crippen LogP contribution >= 0.6 is 23.2 Å². The lowest BCUT2D eigenvalue weighted by atomic mass is 10.1. The van der Waals surface area contributed by atoms with Crippen molar-refractivity contribution in [2.45, 2.75) is 57.3 Å². The molecule has 4 aromatic rings. The van der Waals surface area contributed by atoms with Crippen molar-refractivity contribution < 1.29 is 28.7 Å². The van der Waals surface area contributed by atoms with E-state index in [1.165, 1.54) is 24.2 Å². The maximum Gasteiger partial charge on any atom is 0.411 e. The number of rotatable bonds is 9. The normalized spacial score (nSPS) is 17.3. The first-order chi connectivity index (χ1) is 24.8. The molecule has 16 nitrogen and oxygen atoms in total. The molecule has 3 N–H and O–H groups in total. The molecule has 2 aliphatic heterocycles. The number of methoxy groups -OCH3 is 1. The van der Waals surface area contributed by atoms with E-state index in [0.29, 0.717) is 52.7 Å². The second kappa shape index (κ2) is 15.0. The molecular formula is C34H36Cl2N10O6. The van der Waals surface area contributed by atoms with Crippen molar-refractivity contribution in [1.82, 2.24) is 45.3 Å². The Bertz CT molecular complexity index is 1990. The standard InChI is InChI=1S/C34H36Cl2N10O6/c1-34(2,3)52-33(50)45-17-23-14-24(45)16-44(23)28(48)15-25(31-40-29(30(36)41-31)19-5-9-22(10-6-19)38-32(49)51-4)39-27(47)12-7-20-13-21(35)8-11-26(20)46-18-37-42-43-46/h5-13,18,23-25H,14-17H2,1-4H3,(H,38,49)(H,39,47)(H,40,41)/t23-,24-,25-/m0/s1. The minimum Gasteiger partial charge on any atom is -0.453 e. The monoisotopic (exact) mass is 750 g/mol. The van der Waals surface area contributed by atoms with Gasteiger partial charge in [0.15, 0.2) is 0 Å². The molecule has 3 atom stereocenters. The summed E-state index contributed by atoms with van der Waals surface area (Å²) < 4.78 is 11.6. The van der Waals surface area contributed by atoms with E-state index in [0.717, 1.165) is 0 Å². The number of tetrazole rings is 1. The third-order valence-corrected chi connectivity index (χ3v) is 8.99. The lowest BCUT2D eigenvalue weighted by Gasteiger charge is -2.35. The fourth-order valence-corrected chi connectivity index (χ4v) is 6.58. The lowest BCUT2D eigenvalue weighted by Crippen LogP contribution is -2.52. The number of benzene rings is 2. The average molecular weight is 752 g/mol. The number of carbonyl (C=O) groups is 4. The summed E-state index contributed by atoms with van der Waals surface area (Å²) in [5.74, 6) is -0.496. The summed E-state index contributed by atoms with van der Waals surface area (Å²) >= 11 is 12.9. The number of aromatic nitrogens is 6. The van der Waals surface area contributed by atoms with Crippen LogP contribution in [0.4, 0.5) is 15.3 Å². The predicted molar refractivity (Wildman–Crippen MR) is 191 cm³/mol. The Balaban J connectivity index is 1.22. The Morgan fingerprint density at radius 2 is 1.79 bits per heavy atom. The summed E-state index contributed by atoms with van der Waals surface area (Å²) in [5, 5.41) is 17.4. The molecule has 2 fully saturated rings. The van der Waals surface area contributed by atoms with Crippen LogP contribution in [0.2, 0.25) is 10.2 Å². The van der Waals surface area contributed by atoms with E-state index in [1.54, 1.807) is 58.3 Å². The van der Waals surface area contributed by atoms with Gasteiger partial charge in [-0.15, -0.1) is 5.10 Å². The number of anilines is 1. The zero-order chi connectivity index (χ0) is 37.2. The van der Waals surface area contributed by atoms with Crippen molar-refractivity contribution in [3.63, 3.8) is 0 Å². The number of piperazine rings is 1. The third-order valence-electron chi connectivity index (χ3n) is 8.48. The molecule has 0 unspecified atom stereocenters. The molecule has 0 aliphatic carbocycles. The first kappa shape index (κ1) is 36.3. The van der Waals surface area contributed by atoms with Crippen LogP contribution in [0, 0.1) is 0 Å². The number of hydrogen-bond donors (Lipinski definition) is 3. The number of nitrogens with one attached hydrogen (secondary N) is 3. The second-order valence-corrected chi connectivity index (χ2v) is 14.1. The Labute approximate surface area is 308 Å². The Hall–Kier alpha value is -5.48. The molecule has 52 heavy (non-hydrogen) atoms. The molecular weight excluding hydrogens is 715 g/mol. The van der Waals surface area contributed by atoms with Gasteiger partial charge in [0.1, 0.15) is 28.6 Å². The number of fused-ring (bicyclic) bond motifs is 2. The van der Waals surface area contributed by atoms with Crippen LogP contribution in [0.25, 0.3) is 23.0 Å². The van der Waals surface area contributed by atoms with Crippen molar-refractivity contribution in [2.75, 3.05) is 25.5 Å². The minimum atomic E-state index is -0.921. The molecule has 2 bridgehead atoms. The van der Waals surface area contributed by atoms with Crippen molar-refractivity contribution in [2.24, 2.45) is 0 Å². The molecule has 272 valence electrons. The van der Waals surface area contributed by atoms with Crippen LogP contribution in [0.1, 0.15) is 51.0 Å². The van der Waals surface area contributed by atoms with Gasteiger partial charge >= 0.3 is 12.2 Å². The molecule has 4 heterocycles. The molecule has 2 aromatic carbocycles. The number of H-pyrrole nitrogens is 1.